The first-order chi connectivity index (χ1) is 12.6. The van der Waals surface area contributed by atoms with Crippen LogP contribution in [0.2, 0.25) is 0 Å². The van der Waals surface area contributed by atoms with Crippen LogP contribution in [0.1, 0.15) is 15.9 Å². The molecule has 8 heteroatoms. The van der Waals surface area contributed by atoms with Crippen LogP contribution in [-0.4, -0.2) is 48.4 Å². The number of anilines is 2. The van der Waals surface area contributed by atoms with Crippen LogP contribution in [0.5, 0.6) is 0 Å². The first-order valence-corrected chi connectivity index (χ1v) is 8.28. The molecule has 2 amide bonds. The standard InChI is InChI=1S/C18H20N4O4/c23-17(24)14-5-3-13(4-6-14)12-20-18(25)21-16-15(2-1-7-19-16)22-8-10-26-11-9-22/h1-7H,8-12H2,(H,23,24)(H2,19,20,21,25). The molecule has 2 aromatic rings. The second kappa shape index (κ2) is 8.30. The van der Waals surface area contributed by atoms with Crippen LogP contribution < -0.4 is 15.5 Å². The Bertz CT molecular complexity index is 773. The summed E-state index contributed by atoms with van der Waals surface area (Å²) in [6, 6.07) is 9.73. The molecular weight excluding hydrogens is 336 g/mol. The Morgan fingerprint density at radius 1 is 1.15 bits per heavy atom. The number of carbonyl (C=O) groups excluding carboxylic acids is 1. The monoisotopic (exact) mass is 356 g/mol. The molecule has 0 radical (unpaired) electrons. The van der Waals surface area contributed by atoms with Gasteiger partial charge in [-0.05, 0) is 29.8 Å². The fourth-order valence-corrected chi connectivity index (χ4v) is 2.65. The Morgan fingerprint density at radius 2 is 1.88 bits per heavy atom. The third kappa shape index (κ3) is 4.48. The van der Waals surface area contributed by atoms with Gasteiger partial charge in [-0.25, -0.2) is 14.6 Å². The molecule has 3 rings (SSSR count). The highest BCUT2D eigenvalue weighted by Crippen LogP contribution is 2.23. The average molecular weight is 356 g/mol. The number of hydrogen-bond donors (Lipinski definition) is 3. The highest BCUT2D eigenvalue weighted by atomic mass is 16.5. The van der Waals surface area contributed by atoms with Gasteiger partial charge in [-0.2, -0.15) is 0 Å². The number of carbonyl (C=O) groups is 2. The zero-order valence-electron chi connectivity index (χ0n) is 14.1. The van der Waals surface area contributed by atoms with Crippen molar-refractivity contribution in [3.63, 3.8) is 0 Å². The normalized spacial score (nSPS) is 13.9. The summed E-state index contributed by atoms with van der Waals surface area (Å²) in [6.07, 6.45) is 1.63. The lowest BCUT2D eigenvalue weighted by Crippen LogP contribution is -2.37. The number of nitrogens with zero attached hydrogens (tertiary/aromatic N) is 2. The number of amides is 2. The number of pyridine rings is 1. The van der Waals surface area contributed by atoms with Gasteiger partial charge in [0.2, 0.25) is 0 Å². The minimum atomic E-state index is -0.979. The predicted octanol–water partition coefficient (Wildman–Crippen LogP) is 1.94. The molecule has 0 unspecified atom stereocenters. The Hall–Kier alpha value is -3.13. The number of rotatable bonds is 5. The maximum atomic E-state index is 12.2. The summed E-state index contributed by atoms with van der Waals surface area (Å²) in [4.78, 5) is 29.4. The molecule has 136 valence electrons. The Balaban J connectivity index is 1.59. The van der Waals surface area contributed by atoms with Crippen molar-refractivity contribution in [3.05, 3.63) is 53.7 Å². The van der Waals surface area contributed by atoms with Gasteiger partial charge in [0.15, 0.2) is 5.82 Å². The van der Waals surface area contributed by atoms with E-state index in [1.165, 1.54) is 12.1 Å². The van der Waals surface area contributed by atoms with Crippen LogP contribution in [0.3, 0.4) is 0 Å². The summed E-state index contributed by atoms with van der Waals surface area (Å²) in [7, 11) is 0. The molecule has 2 heterocycles. The van der Waals surface area contributed by atoms with Crippen molar-refractivity contribution in [2.24, 2.45) is 0 Å². The number of hydrogen-bond acceptors (Lipinski definition) is 5. The average Bonchev–Trinajstić information content (AvgIpc) is 2.68. The van der Waals surface area contributed by atoms with E-state index < -0.39 is 5.97 Å². The van der Waals surface area contributed by atoms with Crippen molar-refractivity contribution in [2.75, 3.05) is 36.5 Å². The lowest BCUT2D eigenvalue weighted by atomic mass is 10.1. The van der Waals surface area contributed by atoms with Crippen LogP contribution >= 0.6 is 0 Å². The molecule has 8 nitrogen and oxygen atoms in total. The summed E-state index contributed by atoms with van der Waals surface area (Å²) in [5.74, 6) is -0.485. The second-order valence-corrected chi connectivity index (χ2v) is 5.78. The maximum Gasteiger partial charge on any atom is 0.335 e. The van der Waals surface area contributed by atoms with Gasteiger partial charge in [-0.1, -0.05) is 12.1 Å². The van der Waals surface area contributed by atoms with Crippen molar-refractivity contribution in [1.82, 2.24) is 10.3 Å². The lowest BCUT2D eigenvalue weighted by molar-refractivity contribution is 0.0697. The van der Waals surface area contributed by atoms with Crippen molar-refractivity contribution in [3.8, 4) is 0 Å². The smallest absolute Gasteiger partial charge is 0.335 e. The Morgan fingerprint density at radius 3 is 2.58 bits per heavy atom. The van der Waals surface area contributed by atoms with E-state index in [0.29, 0.717) is 19.0 Å². The molecule has 1 aromatic heterocycles. The zero-order chi connectivity index (χ0) is 18.4. The van der Waals surface area contributed by atoms with Gasteiger partial charge in [0, 0.05) is 25.8 Å². The molecule has 0 aliphatic carbocycles. The fraction of sp³-hybridized carbons (Fsp3) is 0.278. The molecule has 0 atom stereocenters. The molecule has 1 aliphatic heterocycles. The van der Waals surface area contributed by atoms with E-state index in [-0.39, 0.29) is 18.1 Å². The van der Waals surface area contributed by atoms with Gasteiger partial charge in [-0.3, -0.25) is 5.32 Å². The van der Waals surface area contributed by atoms with Crippen molar-refractivity contribution < 1.29 is 19.4 Å². The summed E-state index contributed by atoms with van der Waals surface area (Å²) in [5.41, 5.74) is 1.87. The summed E-state index contributed by atoms with van der Waals surface area (Å²) < 4.78 is 5.35. The van der Waals surface area contributed by atoms with Crippen LogP contribution in [-0.2, 0) is 11.3 Å². The minimum absolute atomic E-state index is 0.210. The van der Waals surface area contributed by atoms with Gasteiger partial charge >= 0.3 is 12.0 Å². The number of aromatic carboxylic acids is 1. The second-order valence-electron chi connectivity index (χ2n) is 5.78. The molecule has 0 saturated carbocycles. The molecule has 1 saturated heterocycles. The largest absolute Gasteiger partial charge is 0.478 e. The van der Waals surface area contributed by atoms with E-state index in [4.69, 9.17) is 9.84 Å². The molecule has 1 fully saturated rings. The highest BCUT2D eigenvalue weighted by Gasteiger charge is 2.16. The Kier molecular flexibility index (Phi) is 5.65. The predicted molar refractivity (Wildman–Crippen MR) is 96.5 cm³/mol. The van der Waals surface area contributed by atoms with Gasteiger partial charge in [0.25, 0.3) is 0 Å². The molecule has 26 heavy (non-hydrogen) atoms. The molecule has 1 aromatic carbocycles. The number of urea groups is 1. The van der Waals surface area contributed by atoms with E-state index >= 15 is 0 Å². The van der Waals surface area contributed by atoms with Gasteiger partial charge in [0.1, 0.15) is 0 Å². The molecular formula is C18H20N4O4. The van der Waals surface area contributed by atoms with Gasteiger partial charge < -0.3 is 20.1 Å². The van der Waals surface area contributed by atoms with Crippen molar-refractivity contribution >= 4 is 23.5 Å². The van der Waals surface area contributed by atoms with E-state index in [9.17, 15) is 9.59 Å². The maximum absolute atomic E-state index is 12.2. The molecule has 0 bridgehead atoms. The van der Waals surface area contributed by atoms with Crippen LogP contribution in [0.15, 0.2) is 42.6 Å². The van der Waals surface area contributed by atoms with E-state index in [0.717, 1.165) is 24.3 Å². The van der Waals surface area contributed by atoms with E-state index in [1.807, 2.05) is 12.1 Å². The molecule has 1 aliphatic rings. The highest BCUT2D eigenvalue weighted by molar-refractivity contribution is 5.91. The number of carboxylic acids is 1. The zero-order valence-corrected chi connectivity index (χ0v) is 14.1. The fourth-order valence-electron chi connectivity index (χ4n) is 2.65. The number of aromatic nitrogens is 1. The first kappa shape index (κ1) is 17.7. The number of nitrogens with one attached hydrogen (secondary N) is 2. The molecule has 0 spiro atoms. The third-order valence-electron chi connectivity index (χ3n) is 4.02. The van der Waals surface area contributed by atoms with Crippen molar-refractivity contribution in [2.45, 2.75) is 6.54 Å². The Labute approximate surface area is 150 Å². The van der Waals surface area contributed by atoms with E-state index in [2.05, 4.69) is 20.5 Å². The summed E-state index contributed by atoms with van der Waals surface area (Å²) >= 11 is 0. The minimum Gasteiger partial charge on any atom is -0.478 e. The quantitative estimate of drug-likeness (QED) is 0.756. The lowest BCUT2D eigenvalue weighted by Gasteiger charge is -2.29. The van der Waals surface area contributed by atoms with Gasteiger partial charge in [-0.15, -0.1) is 0 Å². The van der Waals surface area contributed by atoms with Crippen LogP contribution in [0, 0.1) is 0 Å². The number of benzene rings is 1. The van der Waals surface area contributed by atoms with Crippen LogP contribution in [0.25, 0.3) is 0 Å². The van der Waals surface area contributed by atoms with Crippen LogP contribution in [0.4, 0.5) is 16.3 Å². The van der Waals surface area contributed by atoms with Crippen molar-refractivity contribution in [1.29, 1.82) is 0 Å². The molecule has 3 N–H and O–H groups in total. The van der Waals surface area contributed by atoms with Gasteiger partial charge in [0.05, 0.1) is 24.5 Å². The summed E-state index contributed by atoms with van der Waals surface area (Å²) in [6.45, 7) is 3.07. The van der Waals surface area contributed by atoms with E-state index in [1.54, 1.807) is 18.3 Å². The topological polar surface area (TPSA) is 104 Å². The SMILES string of the molecule is O=C(NCc1ccc(C(=O)O)cc1)Nc1ncccc1N1CCOCC1. The number of morpholine rings is 1. The first-order valence-electron chi connectivity index (χ1n) is 8.28. The third-order valence-corrected chi connectivity index (χ3v) is 4.02. The summed E-state index contributed by atoms with van der Waals surface area (Å²) in [5, 5.41) is 14.4. The number of carboxylic acid groups (broad SMARTS) is 1. The number of ether oxygens (including phenoxy) is 1.